The Morgan fingerprint density at radius 1 is 1.32 bits per heavy atom. The molecule has 3 aromatic rings. The molecule has 0 aliphatic heterocycles. The first-order valence-corrected chi connectivity index (χ1v) is 8.02. The molecule has 1 N–H and O–H groups in total. The van der Waals surface area contributed by atoms with Crippen LogP contribution in [0.15, 0.2) is 24.3 Å². The third-order valence-corrected chi connectivity index (χ3v) is 4.81. The van der Waals surface area contributed by atoms with Crippen LogP contribution in [0, 0.1) is 6.92 Å². The fourth-order valence-electron chi connectivity index (χ4n) is 2.47. The Labute approximate surface area is 145 Å². The Balaban J connectivity index is 1.97. The van der Waals surface area contributed by atoms with Crippen LogP contribution in [-0.2, 0) is 13.2 Å². The zero-order valence-corrected chi connectivity index (χ0v) is 14.4. The number of nitrogens with zero attached hydrogens (tertiary/aromatic N) is 2. The van der Waals surface area contributed by atoms with Gasteiger partial charge in [0.25, 0.3) is 5.91 Å². The maximum atomic E-state index is 13.0. The first kappa shape index (κ1) is 17.3. The number of carbonyl (C=O) groups excluding carboxylic acids is 1. The van der Waals surface area contributed by atoms with E-state index in [2.05, 4.69) is 10.4 Å². The lowest BCUT2D eigenvalue weighted by atomic mass is 10.2. The molecule has 1 aromatic carbocycles. The second-order valence-corrected chi connectivity index (χ2v) is 6.49. The number of nitrogens with one attached hydrogen (secondary N) is 1. The van der Waals surface area contributed by atoms with Crippen molar-refractivity contribution in [3.8, 4) is 5.75 Å². The van der Waals surface area contributed by atoms with Gasteiger partial charge in [0.05, 0.1) is 17.7 Å². The summed E-state index contributed by atoms with van der Waals surface area (Å²) in [6.07, 6.45) is -4.58. The van der Waals surface area contributed by atoms with Gasteiger partial charge in [0, 0.05) is 12.4 Å². The second kappa shape index (κ2) is 6.07. The van der Waals surface area contributed by atoms with E-state index in [0.717, 1.165) is 21.6 Å². The normalized spacial score (nSPS) is 11.8. The minimum Gasteiger partial charge on any atom is -0.495 e. The van der Waals surface area contributed by atoms with Gasteiger partial charge in [-0.3, -0.25) is 9.48 Å². The molecule has 0 saturated heterocycles. The van der Waals surface area contributed by atoms with Crippen molar-refractivity contribution in [2.45, 2.75) is 13.1 Å². The summed E-state index contributed by atoms with van der Waals surface area (Å²) in [7, 11) is 2.89. The predicted molar refractivity (Wildman–Crippen MR) is 89.3 cm³/mol. The largest absolute Gasteiger partial charge is 0.495 e. The lowest BCUT2D eigenvalue weighted by Gasteiger charge is -2.10. The van der Waals surface area contributed by atoms with Crippen molar-refractivity contribution >= 4 is 33.1 Å². The smallest absolute Gasteiger partial charge is 0.435 e. The van der Waals surface area contributed by atoms with Gasteiger partial charge in [0.1, 0.15) is 10.6 Å². The third kappa shape index (κ3) is 3.19. The van der Waals surface area contributed by atoms with Crippen molar-refractivity contribution in [2.24, 2.45) is 7.05 Å². The minimum absolute atomic E-state index is 0.0821. The molecule has 1 amide bonds. The van der Waals surface area contributed by atoms with Crippen LogP contribution in [0.25, 0.3) is 10.2 Å². The molecule has 9 heteroatoms. The SMILES string of the molecule is COc1ccc(C)cc1NC(=O)c1cc2c(C(F)(F)F)nn(C)c2s1. The van der Waals surface area contributed by atoms with Gasteiger partial charge in [0.15, 0.2) is 5.69 Å². The highest BCUT2D eigenvalue weighted by molar-refractivity contribution is 7.20. The van der Waals surface area contributed by atoms with Crippen LogP contribution >= 0.6 is 11.3 Å². The summed E-state index contributed by atoms with van der Waals surface area (Å²) in [6.45, 7) is 1.86. The Bertz CT molecular complexity index is 960. The minimum atomic E-state index is -4.58. The van der Waals surface area contributed by atoms with Crippen LogP contribution in [-0.4, -0.2) is 22.8 Å². The first-order valence-electron chi connectivity index (χ1n) is 7.20. The number of aryl methyl sites for hydroxylation is 2. The molecule has 2 aromatic heterocycles. The van der Waals surface area contributed by atoms with E-state index in [1.165, 1.54) is 20.2 Å². The van der Waals surface area contributed by atoms with E-state index >= 15 is 0 Å². The fourth-order valence-corrected chi connectivity index (χ4v) is 3.43. The van der Waals surface area contributed by atoms with Crippen molar-refractivity contribution in [1.82, 2.24) is 9.78 Å². The van der Waals surface area contributed by atoms with Crippen LogP contribution in [0.5, 0.6) is 5.75 Å². The average Bonchev–Trinajstić information content (AvgIpc) is 3.08. The Hall–Kier alpha value is -2.55. The first-order chi connectivity index (χ1) is 11.7. The number of anilines is 1. The Kier molecular flexibility index (Phi) is 4.19. The number of rotatable bonds is 3. The van der Waals surface area contributed by atoms with Gasteiger partial charge in [-0.1, -0.05) is 6.07 Å². The zero-order chi connectivity index (χ0) is 18.4. The van der Waals surface area contributed by atoms with Crippen molar-refractivity contribution in [3.05, 3.63) is 40.4 Å². The van der Waals surface area contributed by atoms with Crippen LogP contribution in [0.1, 0.15) is 20.9 Å². The molecule has 0 radical (unpaired) electrons. The molecule has 0 aliphatic carbocycles. The number of hydrogen-bond donors (Lipinski definition) is 1. The number of benzene rings is 1. The van der Waals surface area contributed by atoms with Crippen molar-refractivity contribution < 1.29 is 22.7 Å². The summed E-state index contributed by atoms with van der Waals surface area (Å²) in [6, 6.07) is 6.48. The Morgan fingerprint density at radius 2 is 2.04 bits per heavy atom. The van der Waals surface area contributed by atoms with E-state index in [1.807, 2.05) is 13.0 Å². The van der Waals surface area contributed by atoms with Gasteiger partial charge in [-0.2, -0.15) is 18.3 Å². The van der Waals surface area contributed by atoms with E-state index in [0.29, 0.717) is 11.4 Å². The molecule has 3 rings (SSSR count). The summed E-state index contributed by atoms with van der Waals surface area (Å²) in [4.78, 5) is 12.9. The summed E-state index contributed by atoms with van der Waals surface area (Å²) < 4.78 is 45.5. The summed E-state index contributed by atoms with van der Waals surface area (Å²) >= 11 is 0.953. The number of carbonyl (C=O) groups is 1. The van der Waals surface area contributed by atoms with E-state index < -0.39 is 17.8 Å². The van der Waals surface area contributed by atoms with Gasteiger partial charge in [-0.25, -0.2) is 0 Å². The highest BCUT2D eigenvalue weighted by Crippen LogP contribution is 2.37. The number of hydrogen-bond acceptors (Lipinski definition) is 4. The zero-order valence-electron chi connectivity index (χ0n) is 13.6. The number of aromatic nitrogens is 2. The van der Waals surface area contributed by atoms with Gasteiger partial charge >= 0.3 is 6.18 Å². The topological polar surface area (TPSA) is 56.1 Å². The third-order valence-electron chi connectivity index (χ3n) is 3.61. The Morgan fingerprint density at radius 3 is 2.68 bits per heavy atom. The maximum Gasteiger partial charge on any atom is 0.435 e. The molecule has 0 spiro atoms. The highest BCUT2D eigenvalue weighted by Gasteiger charge is 2.37. The van der Waals surface area contributed by atoms with Crippen LogP contribution in [0.2, 0.25) is 0 Å². The summed E-state index contributed by atoms with van der Waals surface area (Å²) in [5.74, 6) is -0.0315. The number of thiophene rings is 1. The number of ether oxygens (including phenoxy) is 1. The van der Waals surface area contributed by atoms with Crippen LogP contribution in [0.3, 0.4) is 0 Å². The van der Waals surface area contributed by atoms with Crippen molar-refractivity contribution in [2.75, 3.05) is 12.4 Å². The molecule has 5 nitrogen and oxygen atoms in total. The quantitative estimate of drug-likeness (QED) is 0.752. The summed E-state index contributed by atoms with van der Waals surface area (Å²) in [5, 5.41) is 6.10. The molecule has 25 heavy (non-hydrogen) atoms. The fraction of sp³-hybridized carbons (Fsp3) is 0.250. The maximum absolute atomic E-state index is 13.0. The molecular weight excluding hydrogens is 355 g/mol. The van der Waals surface area contributed by atoms with Gasteiger partial charge in [-0.15, -0.1) is 11.3 Å². The van der Waals surface area contributed by atoms with E-state index in [9.17, 15) is 18.0 Å². The van der Waals surface area contributed by atoms with Crippen LogP contribution < -0.4 is 10.1 Å². The lowest BCUT2D eigenvalue weighted by Crippen LogP contribution is -2.11. The number of fused-ring (bicyclic) bond motifs is 1. The molecular formula is C16H14F3N3O2S. The molecule has 2 heterocycles. The lowest BCUT2D eigenvalue weighted by molar-refractivity contribution is -0.140. The summed E-state index contributed by atoms with van der Waals surface area (Å²) in [5.41, 5.74) is 0.378. The number of amides is 1. The van der Waals surface area contributed by atoms with Gasteiger partial charge < -0.3 is 10.1 Å². The van der Waals surface area contributed by atoms with E-state index in [4.69, 9.17) is 4.74 Å². The molecule has 0 unspecified atom stereocenters. The molecule has 0 atom stereocenters. The van der Waals surface area contributed by atoms with E-state index in [-0.39, 0.29) is 15.1 Å². The van der Waals surface area contributed by atoms with Gasteiger partial charge in [0.2, 0.25) is 0 Å². The standard InChI is InChI=1S/C16H14F3N3O2S/c1-8-4-5-11(24-3)10(6-8)20-14(23)12-7-9-13(16(17,18)19)21-22(2)15(9)25-12/h4-7H,1-3H3,(H,20,23). The van der Waals surface area contributed by atoms with Crippen molar-refractivity contribution in [3.63, 3.8) is 0 Å². The molecule has 0 fully saturated rings. The highest BCUT2D eigenvalue weighted by atomic mass is 32.1. The number of methoxy groups -OCH3 is 1. The predicted octanol–water partition coefficient (Wildman–Crippen LogP) is 4.22. The molecule has 132 valence electrons. The molecule has 0 aliphatic rings. The van der Waals surface area contributed by atoms with Crippen molar-refractivity contribution in [1.29, 1.82) is 0 Å². The molecule has 0 saturated carbocycles. The molecule has 0 bridgehead atoms. The van der Waals surface area contributed by atoms with E-state index in [1.54, 1.807) is 12.1 Å². The van der Waals surface area contributed by atoms with Crippen LogP contribution in [0.4, 0.5) is 18.9 Å². The number of halogens is 3. The van der Waals surface area contributed by atoms with Gasteiger partial charge in [-0.05, 0) is 30.7 Å². The average molecular weight is 369 g/mol. The second-order valence-electron chi connectivity index (χ2n) is 5.46. The number of alkyl halides is 3. The monoisotopic (exact) mass is 369 g/mol.